The Hall–Kier alpha value is -0.420. The van der Waals surface area contributed by atoms with Crippen molar-refractivity contribution in [3.63, 3.8) is 0 Å². The Morgan fingerprint density at radius 3 is 2.75 bits per heavy atom. The molecule has 1 heterocycles. The lowest BCUT2D eigenvalue weighted by Gasteiger charge is -2.24. The van der Waals surface area contributed by atoms with Gasteiger partial charge in [-0.1, -0.05) is 0 Å². The maximum Gasteiger partial charge on any atom is 0.139 e. The largest absolute Gasteiger partial charge is 0.397 e. The maximum atomic E-state index is 13.2. The minimum absolute atomic E-state index is 0.317. The minimum atomic E-state index is -0.317. The van der Waals surface area contributed by atoms with Gasteiger partial charge in [0.05, 0.1) is 15.8 Å². The van der Waals surface area contributed by atoms with Gasteiger partial charge < -0.3 is 11.1 Å². The Kier molecular flexibility index (Phi) is 3.97. The second-order valence-electron chi connectivity index (χ2n) is 3.88. The summed E-state index contributed by atoms with van der Waals surface area (Å²) in [5.74, 6) is 2.04. The zero-order valence-electron chi connectivity index (χ0n) is 8.80. The molecule has 5 heteroatoms. The second-order valence-corrected chi connectivity index (χ2v) is 5.96. The lowest BCUT2D eigenvalue weighted by atomic mass is 10.1. The Morgan fingerprint density at radius 2 is 2.06 bits per heavy atom. The average molecular weight is 305 g/mol. The molecule has 88 valence electrons. The fraction of sp³-hybridized carbons (Fsp3) is 0.455. The second kappa shape index (κ2) is 5.27. The summed E-state index contributed by atoms with van der Waals surface area (Å²) >= 11 is 5.15. The van der Waals surface area contributed by atoms with Crippen LogP contribution in [0.4, 0.5) is 15.8 Å². The van der Waals surface area contributed by atoms with Crippen molar-refractivity contribution < 1.29 is 4.39 Å². The van der Waals surface area contributed by atoms with Crippen LogP contribution in [0.3, 0.4) is 0 Å². The van der Waals surface area contributed by atoms with Crippen molar-refractivity contribution in [3.8, 4) is 0 Å². The predicted octanol–water partition coefficient (Wildman–Crippen LogP) is 3.48. The number of thioether (sulfide) groups is 1. The van der Waals surface area contributed by atoms with E-state index in [9.17, 15) is 4.39 Å². The van der Waals surface area contributed by atoms with Crippen molar-refractivity contribution >= 4 is 39.1 Å². The Morgan fingerprint density at radius 1 is 1.38 bits per heavy atom. The first kappa shape index (κ1) is 12.0. The number of anilines is 2. The molecule has 0 spiro atoms. The number of halogens is 2. The summed E-state index contributed by atoms with van der Waals surface area (Å²) in [6.07, 6.45) is 2.28. The van der Waals surface area contributed by atoms with E-state index in [2.05, 4.69) is 21.2 Å². The van der Waals surface area contributed by atoms with Crippen molar-refractivity contribution in [2.45, 2.75) is 18.9 Å². The topological polar surface area (TPSA) is 38.0 Å². The smallest absolute Gasteiger partial charge is 0.139 e. The summed E-state index contributed by atoms with van der Waals surface area (Å²) in [7, 11) is 0. The van der Waals surface area contributed by atoms with Crippen LogP contribution in [0.2, 0.25) is 0 Å². The molecule has 1 aromatic carbocycles. The van der Waals surface area contributed by atoms with Gasteiger partial charge in [0, 0.05) is 12.1 Å². The van der Waals surface area contributed by atoms with Crippen LogP contribution in [0.1, 0.15) is 12.8 Å². The first-order valence-electron chi connectivity index (χ1n) is 5.25. The first-order valence-corrected chi connectivity index (χ1v) is 7.20. The van der Waals surface area contributed by atoms with E-state index in [1.807, 2.05) is 11.8 Å². The fourth-order valence-electron chi connectivity index (χ4n) is 1.75. The minimum Gasteiger partial charge on any atom is -0.397 e. The van der Waals surface area contributed by atoms with Gasteiger partial charge in [-0.2, -0.15) is 11.8 Å². The molecule has 1 aromatic rings. The molecule has 1 aliphatic heterocycles. The zero-order valence-corrected chi connectivity index (χ0v) is 11.2. The summed E-state index contributed by atoms with van der Waals surface area (Å²) in [6.45, 7) is 0. The first-order chi connectivity index (χ1) is 7.66. The van der Waals surface area contributed by atoms with Crippen molar-refractivity contribution in [1.29, 1.82) is 0 Å². The van der Waals surface area contributed by atoms with E-state index in [1.54, 1.807) is 6.07 Å². The fourth-order valence-corrected chi connectivity index (χ4v) is 3.20. The van der Waals surface area contributed by atoms with Gasteiger partial charge in [-0.25, -0.2) is 4.39 Å². The molecule has 2 nitrogen and oxygen atoms in total. The number of nitrogens with two attached hydrogens (primary N) is 1. The number of hydrogen-bond acceptors (Lipinski definition) is 3. The number of rotatable bonds is 2. The van der Waals surface area contributed by atoms with E-state index in [4.69, 9.17) is 5.73 Å². The van der Waals surface area contributed by atoms with Gasteiger partial charge in [0.25, 0.3) is 0 Å². The molecule has 2 rings (SSSR count). The van der Waals surface area contributed by atoms with E-state index < -0.39 is 0 Å². The van der Waals surface area contributed by atoms with Crippen LogP contribution in [0, 0.1) is 5.82 Å². The zero-order chi connectivity index (χ0) is 11.5. The van der Waals surface area contributed by atoms with Crippen LogP contribution >= 0.6 is 27.7 Å². The van der Waals surface area contributed by atoms with Gasteiger partial charge in [-0.3, -0.25) is 0 Å². The molecule has 0 atom stereocenters. The Balaban J connectivity index is 2.11. The number of nitrogens with one attached hydrogen (secondary N) is 1. The number of nitrogen functional groups attached to an aromatic ring is 1. The highest BCUT2D eigenvalue weighted by molar-refractivity contribution is 9.10. The van der Waals surface area contributed by atoms with Gasteiger partial charge in [0.2, 0.25) is 0 Å². The molecule has 0 radical (unpaired) electrons. The summed E-state index contributed by atoms with van der Waals surface area (Å²) in [5, 5.41) is 3.38. The third kappa shape index (κ3) is 2.83. The lowest BCUT2D eigenvalue weighted by Crippen LogP contribution is -2.25. The van der Waals surface area contributed by atoms with E-state index in [0.717, 1.165) is 18.5 Å². The molecule has 1 fully saturated rings. The maximum absolute atomic E-state index is 13.2. The molecule has 1 saturated heterocycles. The molecule has 0 saturated carbocycles. The molecule has 16 heavy (non-hydrogen) atoms. The van der Waals surface area contributed by atoms with E-state index in [1.165, 1.54) is 17.6 Å². The predicted molar refractivity (Wildman–Crippen MR) is 72.5 cm³/mol. The van der Waals surface area contributed by atoms with E-state index in [-0.39, 0.29) is 5.82 Å². The van der Waals surface area contributed by atoms with Crippen LogP contribution in [0.15, 0.2) is 16.6 Å². The SMILES string of the molecule is Nc1cc(F)c(Br)cc1NC1CCSCC1. The van der Waals surface area contributed by atoms with Crippen LogP contribution in [-0.2, 0) is 0 Å². The molecule has 0 aliphatic carbocycles. The van der Waals surface area contributed by atoms with Crippen molar-refractivity contribution in [2.75, 3.05) is 22.6 Å². The van der Waals surface area contributed by atoms with Crippen LogP contribution < -0.4 is 11.1 Å². The lowest BCUT2D eigenvalue weighted by molar-refractivity contribution is 0.621. The molecule has 0 amide bonds. The number of benzene rings is 1. The van der Waals surface area contributed by atoms with Crippen molar-refractivity contribution in [3.05, 3.63) is 22.4 Å². The van der Waals surface area contributed by atoms with Crippen molar-refractivity contribution in [2.24, 2.45) is 0 Å². The van der Waals surface area contributed by atoms with Crippen molar-refractivity contribution in [1.82, 2.24) is 0 Å². The third-order valence-corrected chi connectivity index (χ3v) is 4.33. The molecular formula is C11H14BrFN2S. The van der Waals surface area contributed by atoms with E-state index in [0.29, 0.717) is 16.2 Å². The van der Waals surface area contributed by atoms with Gasteiger partial charge in [-0.05, 0) is 46.3 Å². The quantitative estimate of drug-likeness (QED) is 0.822. The standard InChI is InChI=1S/C11H14BrFN2S/c12-8-5-11(10(14)6-9(8)13)15-7-1-3-16-4-2-7/h5-7,15H,1-4,14H2. The molecule has 0 aromatic heterocycles. The van der Waals surface area contributed by atoms with Gasteiger partial charge in [-0.15, -0.1) is 0 Å². The van der Waals surface area contributed by atoms with E-state index >= 15 is 0 Å². The molecule has 3 N–H and O–H groups in total. The molecule has 0 unspecified atom stereocenters. The molecule has 0 bridgehead atoms. The van der Waals surface area contributed by atoms with Gasteiger partial charge in [0.15, 0.2) is 0 Å². The number of hydrogen-bond donors (Lipinski definition) is 2. The van der Waals surface area contributed by atoms with Crippen LogP contribution in [-0.4, -0.2) is 17.5 Å². The van der Waals surface area contributed by atoms with Gasteiger partial charge >= 0.3 is 0 Å². The summed E-state index contributed by atoms with van der Waals surface area (Å²) < 4.78 is 13.6. The Bertz CT molecular complexity index is 380. The highest BCUT2D eigenvalue weighted by Gasteiger charge is 2.15. The third-order valence-electron chi connectivity index (χ3n) is 2.67. The highest BCUT2D eigenvalue weighted by atomic mass is 79.9. The monoisotopic (exact) mass is 304 g/mol. The average Bonchev–Trinajstić information content (AvgIpc) is 2.27. The van der Waals surface area contributed by atoms with Gasteiger partial charge in [0.1, 0.15) is 5.82 Å². The summed E-state index contributed by atoms with van der Waals surface area (Å²) in [6, 6.07) is 3.53. The highest BCUT2D eigenvalue weighted by Crippen LogP contribution is 2.29. The van der Waals surface area contributed by atoms with Crippen LogP contribution in [0.25, 0.3) is 0 Å². The molecule has 1 aliphatic rings. The Labute approximate surface area is 107 Å². The summed E-state index contributed by atoms with van der Waals surface area (Å²) in [5.41, 5.74) is 7.07. The molecular weight excluding hydrogens is 291 g/mol. The summed E-state index contributed by atoms with van der Waals surface area (Å²) in [4.78, 5) is 0. The van der Waals surface area contributed by atoms with Crippen LogP contribution in [0.5, 0.6) is 0 Å². The normalized spacial score (nSPS) is 17.4.